The van der Waals surface area contributed by atoms with Crippen LogP contribution in [0.3, 0.4) is 0 Å². The van der Waals surface area contributed by atoms with Crippen molar-refractivity contribution < 1.29 is 0 Å². The lowest BCUT2D eigenvalue weighted by molar-refractivity contribution is 0.507. The normalized spacial score (nSPS) is 12.3. The molecule has 80 valence electrons. The van der Waals surface area contributed by atoms with Crippen LogP contribution in [0.5, 0.6) is 0 Å². The first-order valence-electron chi connectivity index (χ1n) is 5.40. The first-order chi connectivity index (χ1) is 7.03. The lowest BCUT2D eigenvalue weighted by atomic mass is 9.82. The van der Waals surface area contributed by atoms with Gasteiger partial charge in [0.1, 0.15) is 0 Å². The van der Waals surface area contributed by atoms with Crippen molar-refractivity contribution in [3.05, 3.63) is 28.8 Å². The average molecular weight is 219 g/mol. The number of hydrogen-bond acceptors (Lipinski definition) is 2. The van der Waals surface area contributed by atoms with Crippen molar-refractivity contribution in [2.45, 2.75) is 39.5 Å². The van der Waals surface area contributed by atoms with Gasteiger partial charge in [0.05, 0.1) is 15.2 Å². The van der Waals surface area contributed by atoms with Crippen LogP contribution < -0.4 is 0 Å². The molecule has 0 saturated heterocycles. The Morgan fingerprint density at radius 3 is 2.73 bits per heavy atom. The molecule has 0 atom stereocenters. The van der Waals surface area contributed by atoms with Crippen LogP contribution in [0.25, 0.3) is 10.2 Å². The number of fused-ring (bicyclic) bond motifs is 1. The van der Waals surface area contributed by atoms with Gasteiger partial charge in [-0.3, -0.25) is 0 Å². The van der Waals surface area contributed by atoms with E-state index in [0.717, 1.165) is 16.9 Å². The summed E-state index contributed by atoms with van der Waals surface area (Å²) in [7, 11) is 0. The minimum atomic E-state index is 0.256. The van der Waals surface area contributed by atoms with Crippen LogP contribution >= 0.6 is 11.3 Å². The van der Waals surface area contributed by atoms with E-state index in [1.165, 1.54) is 10.3 Å². The molecule has 0 aliphatic carbocycles. The molecule has 1 nitrogen and oxygen atoms in total. The van der Waals surface area contributed by atoms with Gasteiger partial charge in [0.25, 0.3) is 0 Å². The van der Waals surface area contributed by atoms with E-state index in [2.05, 4.69) is 50.9 Å². The third kappa shape index (κ3) is 1.91. The van der Waals surface area contributed by atoms with Gasteiger partial charge in [-0.25, -0.2) is 4.98 Å². The summed E-state index contributed by atoms with van der Waals surface area (Å²) in [5, 5.41) is 1.15. The summed E-state index contributed by atoms with van der Waals surface area (Å²) >= 11 is 1.77. The first kappa shape index (κ1) is 10.6. The van der Waals surface area contributed by atoms with Crippen LogP contribution in [0.15, 0.2) is 18.2 Å². The third-order valence-electron chi connectivity index (χ3n) is 3.16. The Balaban J connectivity index is 2.55. The molecule has 0 unspecified atom stereocenters. The Morgan fingerprint density at radius 1 is 1.33 bits per heavy atom. The number of benzene rings is 1. The highest BCUT2D eigenvalue weighted by Crippen LogP contribution is 2.30. The number of rotatable bonds is 2. The van der Waals surface area contributed by atoms with E-state index in [-0.39, 0.29) is 5.41 Å². The van der Waals surface area contributed by atoms with Crippen LogP contribution in [-0.4, -0.2) is 4.98 Å². The Labute approximate surface area is 95.2 Å². The summed E-state index contributed by atoms with van der Waals surface area (Å²) in [5.41, 5.74) is 2.80. The summed E-state index contributed by atoms with van der Waals surface area (Å²) in [4.78, 5) is 4.54. The van der Waals surface area contributed by atoms with E-state index < -0.39 is 0 Å². The molecule has 0 bridgehead atoms. The fraction of sp³-hybridized carbons (Fsp3) is 0.462. The van der Waals surface area contributed by atoms with E-state index in [1.54, 1.807) is 11.3 Å². The van der Waals surface area contributed by atoms with Crippen molar-refractivity contribution in [2.75, 3.05) is 0 Å². The molecule has 1 aromatic carbocycles. The van der Waals surface area contributed by atoms with Gasteiger partial charge in [-0.2, -0.15) is 0 Å². The average Bonchev–Trinajstić information content (AvgIpc) is 2.56. The Morgan fingerprint density at radius 2 is 2.07 bits per heavy atom. The zero-order valence-electron chi connectivity index (χ0n) is 9.79. The van der Waals surface area contributed by atoms with Gasteiger partial charge >= 0.3 is 0 Å². The maximum absolute atomic E-state index is 4.54. The predicted octanol–water partition coefficient (Wildman–Crippen LogP) is 4.29. The summed E-state index contributed by atoms with van der Waals surface area (Å²) in [6.45, 7) is 8.87. The van der Waals surface area contributed by atoms with Crippen molar-refractivity contribution in [3.8, 4) is 0 Å². The molecule has 2 heteroatoms. The molecule has 0 fully saturated rings. The topological polar surface area (TPSA) is 12.9 Å². The highest BCUT2D eigenvalue weighted by molar-refractivity contribution is 7.18. The second-order valence-electron chi connectivity index (χ2n) is 4.65. The molecule has 2 rings (SSSR count). The predicted molar refractivity (Wildman–Crippen MR) is 67.7 cm³/mol. The Kier molecular flexibility index (Phi) is 2.55. The summed E-state index contributed by atoms with van der Waals surface area (Å²) in [6, 6.07) is 6.68. The van der Waals surface area contributed by atoms with Gasteiger partial charge in [-0.1, -0.05) is 26.8 Å². The van der Waals surface area contributed by atoms with E-state index in [0.29, 0.717) is 0 Å². The largest absolute Gasteiger partial charge is 0.242 e. The van der Waals surface area contributed by atoms with Crippen LogP contribution in [0.4, 0.5) is 0 Å². The Hall–Kier alpha value is -0.890. The highest BCUT2D eigenvalue weighted by atomic mass is 32.1. The van der Waals surface area contributed by atoms with Gasteiger partial charge < -0.3 is 0 Å². The standard InChI is InChI=1S/C13H17NS/c1-5-13(3,4)10-6-7-12-11(8-10)14-9(2)15-12/h6-8H,5H2,1-4H3. The van der Waals surface area contributed by atoms with Crippen molar-refractivity contribution in [1.82, 2.24) is 4.98 Å². The van der Waals surface area contributed by atoms with Crippen LogP contribution in [0.1, 0.15) is 37.8 Å². The maximum Gasteiger partial charge on any atom is 0.0907 e. The molecular formula is C13H17NS. The monoisotopic (exact) mass is 219 g/mol. The Bertz CT molecular complexity index is 482. The lowest BCUT2D eigenvalue weighted by Gasteiger charge is -2.23. The lowest BCUT2D eigenvalue weighted by Crippen LogP contribution is -2.14. The van der Waals surface area contributed by atoms with Crippen molar-refractivity contribution in [3.63, 3.8) is 0 Å². The molecule has 1 aromatic heterocycles. The molecule has 0 saturated carbocycles. The highest BCUT2D eigenvalue weighted by Gasteiger charge is 2.18. The second-order valence-corrected chi connectivity index (χ2v) is 5.89. The van der Waals surface area contributed by atoms with Gasteiger partial charge in [-0.05, 0) is 36.5 Å². The van der Waals surface area contributed by atoms with Crippen molar-refractivity contribution >= 4 is 21.6 Å². The maximum atomic E-state index is 4.54. The summed E-state index contributed by atoms with van der Waals surface area (Å²) in [6.07, 6.45) is 1.15. The van der Waals surface area contributed by atoms with E-state index in [1.807, 2.05) is 0 Å². The molecule has 0 radical (unpaired) electrons. The van der Waals surface area contributed by atoms with Gasteiger partial charge in [0.2, 0.25) is 0 Å². The fourth-order valence-electron chi connectivity index (χ4n) is 1.67. The van der Waals surface area contributed by atoms with Gasteiger partial charge in [0, 0.05) is 0 Å². The van der Waals surface area contributed by atoms with Crippen LogP contribution in [0.2, 0.25) is 0 Å². The molecule has 0 spiro atoms. The molecule has 0 aliphatic heterocycles. The molecule has 2 aromatic rings. The van der Waals surface area contributed by atoms with Gasteiger partial charge in [0.15, 0.2) is 0 Å². The number of aryl methyl sites for hydroxylation is 1. The summed E-state index contributed by atoms with van der Waals surface area (Å²) in [5.74, 6) is 0. The smallest absolute Gasteiger partial charge is 0.0907 e. The number of thiazole rings is 1. The number of aromatic nitrogens is 1. The minimum Gasteiger partial charge on any atom is -0.242 e. The van der Waals surface area contributed by atoms with Gasteiger partial charge in [-0.15, -0.1) is 11.3 Å². The van der Waals surface area contributed by atoms with E-state index in [9.17, 15) is 0 Å². The van der Waals surface area contributed by atoms with Crippen LogP contribution in [-0.2, 0) is 5.41 Å². The molecule has 0 amide bonds. The van der Waals surface area contributed by atoms with E-state index in [4.69, 9.17) is 0 Å². The molecule has 0 N–H and O–H groups in total. The number of nitrogens with zero attached hydrogens (tertiary/aromatic N) is 1. The third-order valence-corrected chi connectivity index (χ3v) is 4.11. The first-order valence-corrected chi connectivity index (χ1v) is 6.22. The second kappa shape index (κ2) is 3.60. The molecule has 0 aliphatic rings. The quantitative estimate of drug-likeness (QED) is 0.734. The van der Waals surface area contributed by atoms with E-state index >= 15 is 0 Å². The SMILES string of the molecule is CCC(C)(C)c1ccc2sc(C)nc2c1. The number of hydrogen-bond donors (Lipinski definition) is 0. The van der Waals surface area contributed by atoms with Crippen molar-refractivity contribution in [2.24, 2.45) is 0 Å². The van der Waals surface area contributed by atoms with Crippen LogP contribution in [0, 0.1) is 6.92 Å². The molecule has 15 heavy (non-hydrogen) atoms. The zero-order chi connectivity index (χ0) is 11.1. The zero-order valence-corrected chi connectivity index (χ0v) is 10.6. The van der Waals surface area contributed by atoms with Crippen molar-refractivity contribution in [1.29, 1.82) is 0 Å². The molecular weight excluding hydrogens is 202 g/mol. The molecule has 1 heterocycles. The summed E-state index contributed by atoms with van der Waals surface area (Å²) < 4.78 is 1.29. The fourth-order valence-corrected chi connectivity index (χ4v) is 2.48. The minimum absolute atomic E-state index is 0.256.